The molecule has 14 heteroatoms. The number of amides is 4. The molecule has 4 amide bonds. The van der Waals surface area contributed by atoms with Gasteiger partial charge in [-0.15, -0.1) is 11.3 Å². The van der Waals surface area contributed by atoms with E-state index in [1.54, 1.807) is 11.8 Å². The van der Waals surface area contributed by atoms with E-state index >= 15 is 0 Å². The molecule has 50 heavy (non-hydrogen) atoms. The fraction of sp³-hybridized carbons (Fsp3) is 0.528. The number of ether oxygens (including phenoxy) is 1. The zero-order valence-corrected chi connectivity index (χ0v) is 30.1. The number of carbonyl (C=O) groups is 4. The monoisotopic (exact) mass is 708 g/mol. The van der Waals surface area contributed by atoms with Crippen LogP contribution < -0.4 is 16.0 Å². The van der Waals surface area contributed by atoms with Gasteiger partial charge in [-0.3, -0.25) is 24.1 Å². The van der Waals surface area contributed by atoms with Gasteiger partial charge in [0.1, 0.15) is 30.0 Å². The number of fused-ring (bicyclic) bond motifs is 2. The summed E-state index contributed by atoms with van der Waals surface area (Å²) in [5.74, 6) is -0.666. The lowest BCUT2D eigenvalue weighted by Gasteiger charge is -2.38. The number of aliphatic hydroxyl groups is 1. The standard InChI is InChI=1S/C36H48N6O7S/c1-21(2)16-27-36(47)41(5)22(3)33(45)39-26(17-24-10-7-6-8-11-24)34(46)38-25-13-14-48-29(32(25)44)19-42(20-31(43)37-27)18-28-23(4)49-35(40-28)30-12-9-15-50-30/h6-12,15,21-22,25-27,29,32,44H,13-14,16-20H2,1-5H3,(H,37,43)(H,38,46)(H,39,45)/t22-,25-,26-,27+,29+,32-/m0/s1. The Bertz CT molecular complexity index is 1610. The highest BCUT2D eigenvalue weighted by Crippen LogP contribution is 2.27. The Kier molecular flexibility index (Phi) is 12.4. The quantitative estimate of drug-likeness (QED) is 0.288. The number of aryl methyl sites for hydroxylation is 1. The molecule has 2 aromatic heterocycles. The number of nitrogens with zero attached hydrogens (tertiary/aromatic N) is 3. The second-order valence-electron chi connectivity index (χ2n) is 13.6. The summed E-state index contributed by atoms with van der Waals surface area (Å²) in [5, 5.41) is 22.2. The van der Waals surface area contributed by atoms with E-state index in [0.717, 1.165) is 10.4 Å². The van der Waals surface area contributed by atoms with Crippen LogP contribution >= 0.6 is 11.3 Å². The molecule has 2 fully saturated rings. The van der Waals surface area contributed by atoms with E-state index in [1.165, 1.54) is 23.3 Å². The predicted octanol–water partition coefficient (Wildman–Crippen LogP) is 2.27. The largest absolute Gasteiger partial charge is 0.440 e. The van der Waals surface area contributed by atoms with Crippen LogP contribution in [0.5, 0.6) is 0 Å². The third-order valence-electron chi connectivity index (χ3n) is 9.25. The number of hydrogen-bond acceptors (Lipinski definition) is 10. The van der Waals surface area contributed by atoms with Crippen molar-refractivity contribution in [3.63, 3.8) is 0 Å². The molecule has 2 saturated heterocycles. The summed E-state index contributed by atoms with van der Waals surface area (Å²) in [6.07, 6.45) is -0.963. The lowest BCUT2D eigenvalue weighted by atomic mass is 9.97. The van der Waals surface area contributed by atoms with Crippen molar-refractivity contribution < 1.29 is 33.4 Å². The molecule has 4 N–H and O–H groups in total. The van der Waals surface area contributed by atoms with Gasteiger partial charge in [0.05, 0.1) is 29.3 Å². The number of rotatable bonds is 7. The van der Waals surface area contributed by atoms with E-state index < -0.39 is 60.0 Å². The van der Waals surface area contributed by atoms with Crippen LogP contribution in [-0.4, -0.2) is 107 Å². The summed E-state index contributed by atoms with van der Waals surface area (Å²) in [6, 6.07) is 9.66. The molecule has 13 nitrogen and oxygen atoms in total. The first-order valence-corrected chi connectivity index (χ1v) is 18.0. The maximum atomic E-state index is 13.9. The molecule has 270 valence electrons. The van der Waals surface area contributed by atoms with Crippen LogP contribution in [0.2, 0.25) is 0 Å². The Labute approximate surface area is 296 Å². The average Bonchev–Trinajstić information content (AvgIpc) is 3.75. The van der Waals surface area contributed by atoms with Crippen LogP contribution in [0.4, 0.5) is 0 Å². The molecule has 5 rings (SSSR count). The Balaban J connectivity index is 1.46. The summed E-state index contributed by atoms with van der Waals surface area (Å²) in [5.41, 5.74) is 1.46. The Hall–Kier alpha value is -4.11. The Morgan fingerprint density at radius 1 is 1.02 bits per heavy atom. The van der Waals surface area contributed by atoms with Crippen molar-refractivity contribution >= 4 is 35.0 Å². The molecule has 2 aliphatic heterocycles. The normalized spacial score (nSPS) is 26.3. The second kappa shape index (κ2) is 16.7. The van der Waals surface area contributed by atoms with Crippen molar-refractivity contribution in [2.75, 3.05) is 26.7 Å². The first-order valence-electron chi connectivity index (χ1n) is 17.1. The third-order valence-corrected chi connectivity index (χ3v) is 10.1. The number of aromatic nitrogens is 1. The molecule has 0 saturated carbocycles. The van der Waals surface area contributed by atoms with Crippen molar-refractivity contribution in [3.8, 4) is 10.8 Å². The molecular weight excluding hydrogens is 660 g/mol. The number of aliphatic hydroxyl groups excluding tert-OH is 1. The zero-order chi connectivity index (χ0) is 35.9. The van der Waals surface area contributed by atoms with E-state index in [9.17, 15) is 24.3 Å². The molecular formula is C36H48N6O7S. The van der Waals surface area contributed by atoms with Gasteiger partial charge in [-0.2, -0.15) is 0 Å². The molecule has 3 aromatic rings. The van der Waals surface area contributed by atoms with Gasteiger partial charge in [-0.05, 0) is 49.6 Å². The van der Waals surface area contributed by atoms with Crippen molar-refractivity contribution in [2.24, 2.45) is 5.92 Å². The molecule has 0 aliphatic carbocycles. The smallest absolute Gasteiger partial charge is 0.245 e. The number of hydrogen-bond donors (Lipinski definition) is 4. The van der Waals surface area contributed by atoms with E-state index in [2.05, 4.69) is 16.0 Å². The molecule has 6 atom stereocenters. The van der Waals surface area contributed by atoms with Gasteiger partial charge in [0.15, 0.2) is 0 Å². The minimum atomic E-state index is -1.11. The van der Waals surface area contributed by atoms with Crippen LogP contribution in [0.25, 0.3) is 10.8 Å². The molecule has 4 heterocycles. The number of oxazole rings is 1. The summed E-state index contributed by atoms with van der Waals surface area (Å²) in [4.78, 5) is 63.7. The van der Waals surface area contributed by atoms with Gasteiger partial charge in [0.25, 0.3) is 0 Å². The SMILES string of the molecule is Cc1oc(-c2cccs2)nc1CN1CC(=O)N[C@H](CC(C)C)C(=O)N(C)[C@@H](C)C(=O)N[C@@H](Cc2ccccc2)C(=O)N[C@H]2CCO[C@H](C1)[C@H]2O. The average molecular weight is 709 g/mol. The molecule has 1 aromatic carbocycles. The van der Waals surface area contributed by atoms with Gasteiger partial charge in [0, 0.05) is 33.2 Å². The molecule has 2 aliphatic rings. The molecule has 0 radical (unpaired) electrons. The van der Waals surface area contributed by atoms with Crippen LogP contribution in [0.1, 0.15) is 50.6 Å². The summed E-state index contributed by atoms with van der Waals surface area (Å²) in [7, 11) is 1.52. The van der Waals surface area contributed by atoms with E-state index in [-0.39, 0.29) is 38.6 Å². The second-order valence-corrected chi connectivity index (χ2v) is 14.5. The summed E-state index contributed by atoms with van der Waals surface area (Å²) < 4.78 is 12.0. The number of likely N-dealkylation sites (N-methyl/N-ethyl adjacent to an activating group) is 1. The van der Waals surface area contributed by atoms with Crippen LogP contribution in [0, 0.1) is 12.8 Å². The maximum Gasteiger partial charge on any atom is 0.245 e. The highest BCUT2D eigenvalue weighted by Gasteiger charge is 2.38. The first-order chi connectivity index (χ1) is 23.9. The molecule has 0 spiro atoms. The molecule has 0 unspecified atom stereocenters. The Morgan fingerprint density at radius 2 is 1.78 bits per heavy atom. The van der Waals surface area contributed by atoms with Gasteiger partial charge in [0.2, 0.25) is 29.5 Å². The topological polar surface area (TPSA) is 166 Å². The van der Waals surface area contributed by atoms with Crippen LogP contribution in [0.15, 0.2) is 52.3 Å². The van der Waals surface area contributed by atoms with Crippen LogP contribution in [-0.2, 0) is 36.9 Å². The Morgan fingerprint density at radius 3 is 2.48 bits per heavy atom. The van der Waals surface area contributed by atoms with Crippen molar-refractivity contribution in [1.82, 2.24) is 30.7 Å². The lowest BCUT2D eigenvalue weighted by molar-refractivity contribution is -0.142. The minimum Gasteiger partial charge on any atom is -0.440 e. The summed E-state index contributed by atoms with van der Waals surface area (Å²) >= 11 is 1.50. The number of thiophene rings is 1. The van der Waals surface area contributed by atoms with E-state index in [4.69, 9.17) is 14.1 Å². The van der Waals surface area contributed by atoms with Crippen LogP contribution in [0.3, 0.4) is 0 Å². The summed E-state index contributed by atoms with van der Waals surface area (Å²) in [6.45, 7) is 7.77. The molecule has 2 bridgehead atoms. The lowest BCUT2D eigenvalue weighted by Crippen LogP contribution is -2.60. The van der Waals surface area contributed by atoms with Gasteiger partial charge < -0.3 is 35.1 Å². The maximum absolute atomic E-state index is 13.9. The van der Waals surface area contributed by atoms with E-state index in [1.807, 2.05) is 68.6 Å². The highest BCUT2D eigenvalue weighted by atomic mass is 32.1. The number of nitrogens with one attached hydrogen (secondary N) is 3. The van der Waals surface area contributed by atoms with Gasteiger partial charge >= 0.3 is 0 Å². The third kappa shape index (κ3) is 9.36. The fourth-order valence-electron chi connectivity index (χ4n) is 6.31. The van der Waals surface area contributed by atoms with Crippen molar-refractivity contribution in [3.05, 3.63) is 64.9 Å². The zero-order valence-electron chi connectivity index (χ0n) is 29.3. The highest BCUT2D eigenvalue weighted by molar-refractivity contribution is 7.13. The predicted molar refractivity (Wildman–Crippen MR) is 188 cm³/mol. The van der Waals surface area contributed by atoms with E-state index in [0.29, 0.717) is 30.2 Å². The van der Waals surface area contributed by atoms with Gasteiger partial charge in [-0.1, -0.05) is 50.2 Å². The van der Waals surface area contributed by atoms with Gasteiger partial charge in [-0.25, -0.2) is 4.98 Å². The number of carbonyl (C=O) groups excluding carboxylic acids is 4. The minimum absolute atomic E-state index is 0.0575. The van der Waals surface area contributed by atoms with Crippen molar-refractivity contribution in [1.29, 1.82) is 0 Å². The van der Waals surface area contributed by atoms with Crippen molar-refractivity contribution in [2.45, 2.75) is 89.9 Å². The fourth-order valence-corrected chi connectivity index (χ4v) is 6.96. The number of benzene rings is 1. The first kappa shape index (κ1) is 37.2.